The molecule has 24 heavy (non-hydrogen) atoms. The molecule has 6 nitrogen and oxygen atoms in total. The van der Waals surface area contributed by atoms with Crippen molar-refractivity contribution < 1.29 is 19.0 Å². The summed E-state index contributed by atoms with van der Waals surface area (Å²) in [4.78, 5) is 13.8. The van der Waals surface area contributed by atoms with Crippen LogP contribution in [-0.2, 0) is 20.8 Å². The second kappa shape index (κ2) is 6.80. The summed E-state index contributed by atoms with van der Waals surface area (Å²) in [5.74, 6) is -0.560. The lowest BCUT2D eigenvalue weighted by Crippen LogP contribution is -2.54. The third kappa shape index (κ3) is 3.23. The zero-order valence-corrected chi connectivity index (χ0v) is 13.9. The van der Waals surface area contributed by atoms with E-state index in [0.29, 0.717) is 38.9 Å². The first-order chi connectivity index (χ1) is 11.6. The first kappa shape index (κ1) is 16.7. The van der Waals surface area contributed by atoms with E-state index in [1.54, 1.807) is 7.05 Å². The number of amides is 1. The van der Waals surface area contributed by atoms with Crippen molar-refractivity contribution in [2.24, 2.45) is 0 Å². The first-order valence-corrected chi connectivity index (χ1v) is 8.23. The van der Waals surface area contributed by atoms with Crippen LogP contribution in [-0.4, -0.2) is 42.6 Å². The normalized spacial score (nSPS) is 21.2. The number of nitrogens with zero attached hydrogens (tertiary/aromatic N) is 2. The van der Waals surface area contributed by atoms with Crippen molar-refractivity contribution in [2.45, 2.75) is 43.6 Å². The van der Waals surface area contributed by atoms with E-state index in [1.165, 1.54) is 4.90 Å². The Balaban J connectivity index is 1.60. The lowest BCUT2D eigenvalue weighted by molar-refractivity contribution is -0.187. The average Bonchev–Trinajstić information content (AvgIpc) is 3.09. The van der Waals surface area contributed by atoms with Gasteiger partial charge in [-0.05, 0) is 18.4 Å². The second-order valence-electron chi connectivity index (χ2n) is 6.35. The van der Waals surface area contributed by atoms with Crippen molar-refractivity contribution in [2.75, 3.05) is 20.3 Å². The predicted octanol–water partition coefficient (Wildman–Crippen LogP) is 2.83. The zero-order valence-electron chi connectivity index (χ0n) is 13.9. The summed E-state index contributed by atoms with van der Waals surface area (Å²) in [6.07, 6.45) is 1.76. The van der Waals surface area contributed by atoms with E-state index in [1.807, 2.05) is 30.3 Å². The molecule has 0 unspecified atom stereocenters. The fourth-order valence-electron chi connectivity index (χ4n) is 3.34. The van der Waals surface area contributed by atoms with E-state index < -0.39 is 17.4 Å². The third-order valence-electron chi connectivity index (χ3n) is 4.98. The van der Waals surface area contributed by atoms with Gasteiger partial charge in [0.1, 0.15) is 12.1 Å². The third-order valence-corrected chi connectivity index (χ3v) is 4.98. The molecule has 1 heterocycles. The van der Waals surface area contributed by atoms with Gasteiger partial charge >= 0.3 is 6.09 Å². The molecule has 0 bridgehead atoms. The molecule has 0 radical (unpaired) electrons. The van der Waals surface area contributed by atoms with Crippen LogP contribution in [0.25, 0.3) is 0 Å². The van der Waals surface area contributed by atoms with Gasteiger partial charge in [0.05, 0.1) is 19.3 Å². The van der Waals surface area contributed by atoms with Crippen LogP contribution in [0.4, 0.5) is 4.79 Å². The van der Waals surface area contributed by atoms with Crippen molar-refractivity contribution in [3.8, 4) is 6.07 Å². The molecule has 1 saturated carbocycles. The number of hydrogen-bond donors (Lipinski definition) is 0. The SMILES string of the molecule is CN(C(=O)OCc1ccccc1)C1(C#N)CCC2(CC1)OCCO2. The maximum Gasteiger partial charge on any atom is 0.411 e. The highest BCUT2D eigenvalue weighted by molar-refractivity contribution is 5.69. The Morgan fingerprint density at radius 1 is 1.21 bits per heavy atom. The number of nitriles is 1. The van der Waals surface area contributed by atoms with E-state index >= 15 is 0 Å². The molecule has 1 aromatic carbocycles. The molecule has 1 aliphatic carbocycles. The molecule has 0 aromatic heterocycles. The van der Waals surface area contributed by atoms with Gasteiger partial charge in [0.15, 0.2) is 5.79 Å². The molecule has 6 heteroatoms. The van der Waals surface area contributed by atoms with Crippen LogP contribution >= 0.6 is 0 Å². The fourth-order valence-corrected chi connectivity index (χ4v) is 3.34. The predicted molar refractivity (Wildman–Crippen MR) is 85.8 cm³/mol. The van der Waals surface area contributed by atoms with Crippen LogP contribution in [0.2, 0.25) is 0 Å². The highest BCUT2D eigenvalue weighted by atomic mass is 16.7. The number of rotatable bonds is 3. The lowest BCUT2D eigenvalue weighted by Gasteiger charge is -2.43. The van der Waals surface area contributed by atoms with Gasteiger partial charge in [0, 0.05) is 19.9 Å². The molecule has 1 spiro atoms. The minimum atomic E-state index is -0.867. The average molecular weight is 330 g/mol. The highest BCUT2D eigenvalue weighted by Crippen LogP contribution is 2.42. The summed E-state index contributed by atoms with van der Waals surface area (Å²) in [7, 11) is 1.63. The number of hydrogen-bond acceptors (Lipinski definition) is 5. The summed E-state index contributed by atoms with van der Waals surface area (Å²) < 4.78 is 16.8. The summed E-state index contributed by atoms with van der Waals surface area (Å²) in [6.45, 7) is 1.38. The Morgan fingerprint density at radius 2 is 1.83 bits per heavy atom. The number of carbonyl (C=O) groups excluding carboxylic acids is 1. The van der Waals surface area contributed by atoms with E-state index in [-0.39, 0.29) is 6.61 Å². The smallest absolute Gasteiger partial charge is 0.411 e. The zero-order chi connectivity index (χ0) is 17.0. The Morgan fingerprint density at radius 3 is 2.42 bits per heavy atom. The molecule has 1 saturated heterocycles. The standard InChI is InChI=1S/C18H22N2O4/c1-20(16(21)22-13-15-5-3-2-4-6-15)17(14-19)7-9-18(10-8-17)23-11-12-24-18/h2-6H,7-13H2,1H3. The largest absolute Gasteiger partial charge is 0.445 e. The maximum atomic E-state index is 12.4. The fraction of sp³-hybridized carbons (Fsp3) is 0.556. The molecule has 1 amide bonds. The van der Waals surface area contributed by atoms with Gasteiger partial charge < -0.3 is 14.2 Å². The van der Waals surface area contributed by atoms with Crippen LogP contribution in [0.15, 0.2) is 30.3 Å². The van der Waals surface area contributed by atoms with Crippen molar-refractivity contribution in [1.29, 1.82) is 5.26 Å². The van der Waals surface area contributed by atoms with Gasteiger partial charge in [-0.25, -0.2) is 4.79 Å². The minimum Gasteiger partial charge on any atom is -0.445 e. The van der Waals surface area contributed by atoms with Crippen LogP contribution in [0.5, 0.6) is 0 Å². The molecule has 3 rings (SSSR count). The Kier molecular flexibility index (Phi) is 4.74. The molecular formula is C18H22N2O4. The Labute approximate surface area is 141 Å². The number of carbonyl (C=O) groups is 1. The van der Waals surface area contributed by atoms with Crippen LogP contribution in [0.3, 0.4) is 0 Å². The van der Waals surface area contributed by atoms with Crippen LogP contribution in [0, 0.1) is 11.3 Å². The minimum absolute atomic E-state index is 0.196. The maximum absolute atomic E-state index is 12.4. The van der Waals surface area contributed by atoms with Crippen molar-refractivity contribution >= 4 is 6.09 Å². The van der Waals surface area contributed by atoms with Crippen molar-refractivity contribution in [1.82, 2.24) is 4.90 Å². The molecule has 1 aromatic rings. The van der Waals surface area contributed by atoms with E-state index in [9.17, 15) is 10.1 Å². The highest BCUT2D eigenvalue weighted by Gasteiger charge is 2.49. The van der Waals surface area contributed by atoms with Gasteiger partial charge in [-0.3, -0.25) is 4.90 Å². The summed E-state index contributed by atoms with van der Waals surface area (Å²) in [6, 6.07) is 11.8. The molecule has 0 atom stereocenters. The molecular weight excluding hydrogens is 308 g/mol. The van der Waals surface area contributed by atoms with Gasteiger partial charge in [0.2, 0.25) is 0 Å². The molecule has 128 valence electrons. The Hall–Kier alpha value is -2.10. The number of ether oxygens (including phenoxy) is 3. The number of benzene rings is 1. The summed E-state index contributed by atoms with van der Waals surface area (Å²) in [5, 5.41) is 9.70. The van der Waals surface area contributed by atoms with Gasteiger partial charge in [-0.2, -0.15) is 5.26 Å². The quantitative estimate of drug-likeness (QED) is 0.852. The molecule has 1 aliphatic heterocycles. The van der Waals surface area contributed by atoms with Crippen LogP contribution < -0.4 is 0 Å². The molecule has 2 fully saturated rings. The van der Waals surface area contributed by atoms with E-state index in [4.69, 9.17) is 14.2 Å². The Bertz CT molecular complexity index is 610. The van der Waals surface area contributed by atoms with Crippen LogP contribution in [0.1, 0.15) is 31.2 Å². The van der Waals surface area contributed by atoms with Crippen molar-refractivity contribution in [3.63, 3.8) is 0 Å². The van der Waals surface area contributed by atoms with Gasteiger partial charge in [-0.15, -0.1) is 0 Å². The summed E-state index contributed by atoms with van der Waals surface area (Å²) >= 11 is 0. The summed E-state index contributed by atoms with van der Waals surface area (Å²) in [5.41, 5.74) is 0.0505. The van der Waals surface area contributed by atoms with Gasteiger partial charge in [-0.1, -0.05) is 30.3 Å². The van der Waals surface area contributed by atoms with E-state index in [2.05, 4.69) is 6.07 Å². The van der Waals surface area contributed by atoms with Gasteiger partial charge in [0.25, 0.3) is 0 Å². The topological polar surface area (TPSA) is 71.8 Å². The molecule has 2 aliphatic rings. The first-order valence-electron chi connectivity index (χ1n) is 8.23. The second-order valence-corrected chi connectivity index (χ2v) is 6.35. The molecule has 0 N–H and O–H groups in total. The van der Waals surface area contributed by atoms with Crippen molar-refractivity contribution in [3.05, 3.63) is 35.9 Å². The van der Waals surface area contributed by atoms with E-state index in [0.717, 1.165) is 5.56 Å². The lowest BCUT2D eigenvalue weighted by atomic mass is 9.78. The monoisotopic (exact) mass is 330 g/mol.